The second kappa shape index (κ2) is 8.40. The average Bonchev–Trinajstić information content (AvgIpc) is 3.00. The molecular formula is C20H23FN2O3. The maximum atomic E-state index is 12.9. The van der Waals surface area contributed by atoms with Gasteiger partial charge in [0.25, 0.3) is 5.91 Å². The normalized spacial score (nSPS) is 22.3. The summed E-state index contributed by atoms with van der Waals surface area (Å²) in [6, 6.07) is 13.3. The van der Waals surface area contributed by atoms with Crippen molar-refractivity contribution in [2.24, 2.45) is 0 Å². The smallest absolute Gasteiger partial charge is 0.251 e. The van der Waals surface area contributed by atoms with Crippen LogP contribution in [-0.4, -0.2) is 42.4 Å². The van der Waals surface area contributed by atoms with Crippen LogP contribution in [0.5, 0.6) is 0 Å². The number of hydrogen-bond donors (Lipinski definition) is 3. The topological polar surface area (TPSA) is 70.6 Å². The Hall–Kier alpha value is -2.28. The minimum atomic E-state index is -0.714. The number of carbonyl (C=O) groups excluding carboxylic acids is 1. The molecule has 0 spiro atoms. The van der Waals surface area contributed by atoms with Gasteiger partial charge >= 0.3 is 0 Å². The van der Waals surface area contributed by atoms with E-state index < -0.39 is 18.0 Å². The molecule has 2 aromatic carbocycles. The van der Waals surface area contributed by atoms with Gasteiger partial charge in [-0.15, -0.1) is 0 Å². The van der Waals surface area contributed by atoms with Gasteiger partial charge in [-0.05, 0) is 36.8 Å². The highest BCUT2D eigenvalue weighted by Gasteiger charge is 2.35. The minimum Gasteiger partial charge on any atom is -0.389 e. The first-order chi connectivity index (χ1) is 12.5. The quantitative estimate of drug-likeness (QED) is 0.736. The van der Waals surface area contributed by atoms with Gasteiger partial charge in [0.1, 0.15) is 11.9 Å². The molecule has 0 radical (unpaired) electrons. The van der Waals surface area contributed by atoms with E-state index in [0.29, 0.717) is 18.7 Å². The summed E-state index contributed by atoms with van der Waals surface area (Å²) in [5.74, 6) is -0.713. The molecule has 3 atom stereocenters. The van der Waals surface area contributed by atoms with Crippen molar-refractivity contribution in [3.05, 3.63) is 71.0 Å². The zero-order valence-corrected chi connectivity index (χ0v) is 14.6. The van der Waals surface area contributed by atoms with Crippen LogP contribution in [0.25, 0.3) is 0 Å². The van der Waals surface area contributed by atoms with Crippen molar-refractivity contribution < 1.29 is 19.0 Å². The molecule has 0 bridgehead atoms. The van der Waals surface area contributed by atoms with Gasteiger partial charge in [0.15, 0.2) is 0 Å². The van der Waals surface area contributed by atoms with E-state index in [1.807, 2.05) is 31.2 Å². The Bertz CT molecular complexity index is 734. The van der Waals surface area contributed by atoms with E-state index in [1.54, 1.807) is 0 Å². The molecule has 1 aliphatic heterocycles. The first kappa shape index (κ1) is 18.5. The average molecular weight is 358 g/mol. The molecule has 1 fully saturated rings. The highest BCUT2D eigenvalue weighted by molar-refractivity contribution is 5.94. The maximum Gasteiger partial charge on any atom is 0.251 e. The van der Waals surface area contributed by atoms with Crippen molar-refractivity contribution in [3.8, 4) is 0 Å². The van der Waals surface area contributed by atoms with Crippen molar-refractivity contribution in [1.29, 1.82) is 0 Å². The van der Waals surface area contributed by atoms with Crippen LogP contribution in [0.3, 0.4) is 0 Å². The summed E-state index contributed by atoms with van der Waals surface area (Å²) >= 11 is 0. The van der Waals surface area contributed by atoms with Crippen LogP contribution in [0.1, 0.15) is 21.5 Å². The van der Waals surface area contributed by atoms with E-state index in [1.165, 1.54) is 29.8 Å². The minimum absolute atomic E-state index is 0.191. The first-order valence-electron chi connectivity index (χ1n) is 8.65. The molecular weight excluding hydrogens is 335 g/mol. The number of aliphatic hydroxyl groups excluding tert-OH is 1. The Morgan fingerprint density at radius 3 is 2.58 bits per heavy atom. The third-order valence-electron chi connectivity index (χ3n) is 4.54. The number of rotatable bonds is 6. The van der Waals surface area contributed by atoms with E-state index >= 15 is 0 Å². The molecule has 1 aliphatic rings. The number of nitrogens with one attached hydrogen (secondary N) is 2. The monoisotopic (exact) mass is 358 g/mol. The summed E-state index contributed by atoms with van der Waals surface area (Å²) in [5, 5.41) is 16.4. The molecule has 0 aromatic heterocycles. The van der Waals surface area contributed by atoms with Gasteiger partial charge in [-0.25, -0.2) is 4.39 Å². The lowest BCUT2D eigenvalue weighted by atomic mass is 10.1. The molecule has 26 heavy (non-hydrogen) atoms. The number of carbonyl (C=O) groups is 1. The third-order valence-corrected chi connectivity index (χ3v) is 4.54. The van der Waals surface area contributed by atoms with Crippen LogP contribution in [-0.2, 0) is 11.3 Å². The predicted octanol–water partition coefficient (Wildman–Crippen LogP) is 1.78. The van der Waals surface area contributed by atoms with Crippen LogP contribution in [0.4, 0.5) is 4.39 Å². The van der Waals surface area contributed by atoms with Gasteiger partial charge in [0, 0.05) is 18.7 Å². The van der Waals surface area contributed by atoms with Crippen LogP contribution >= 0.6 is 0 Å². The van der Waals surface area contributed by atoms with E-state index in [0.717, 1.165) is 5.56 Å². The Morgan fingerprint density at radius 2 is 1.88 bits per heavy atom. The van der Waals surface area contributed by atoms with Gasteiger partial charge in [0.2, 0.25) is 0 Å². The van der Waals surface area contributed by atoms with Gasteiger partial charge in [-0.2, -0.15) is 0 Å². The van der Waals surface area contributed by atoms with Crippen molar-refractivity contribution in [1.82, 2.24) is 10.6 Å². The predicted molar refractivity (Wildman–Crippen MR) is 96.3 cm³/mol. The highest BCUT2D eigenvalue weighted by atomic mass is 19.1. The third kappa shape index (κ3) is 4.66. The lowest BCUT2D eigenvalue weighted by Crippen LogP contribution is -2.44. The van der Waals surface area contributed by atoms with Gasteiger partial charge < -0.3 is 20.5 Å². The fourth-order valence-corrected chi connectivity index (χ4v) is 2.89. The number of amides is 1. The number of aryl methyl sites for hydroxylation is 1. The molecule has 138 valence electrons. The van der Waals surface area contributed by atoms with Crippen molar-refractivity contribution in [2.45, 2.75) is 31.7 Å². The van der Waals surface area contributed by atoms with Crippen molar-refractivity contribution in [3.63, 3.8) is 0 Å². The lowest BCUT2D eigenvalue weighted by molar-refractivity contribution is 0.0398. The highest BCUT2D eigenvalue weighted by Crippen LogP contribution is 2.15. The van der Waals surface area contributed by atoms with Crippen molar-refractivity contribution in [2.75, 3.05) is 13.2 Å². The SMILES string of the molecule is Cc1ccc(CNC2COC(CNC(=O)c3ccc(F)cc3)C2O)cc1. The van der Waals surface area contributed by atoms with Gasteiger partial charge in [-0.3, -0.25) is 4.79 Å². The maximum absolute atomic E-state index is 12.9. The zero-order chi connectivity index (χ0) is 18.5. The van der Waals surface area contributed by atoms with E-state index in [4.69, 9.17) is 4.74 Å². The Kier molecular flexibility index (Phi) is 5.98. The molecule has 0 aliphatic carbocycles. The molecule has 1 heterocycles. The molecule has 2 aromatic rings. The number of aliphatic hydroxyl groups is 1. The molecule has 1 amide bonds. The van der Waals surface area contributed by atoms with E-state index in [-0.39, 0.29) is 18.5 Å². The van der Waals surface area contributed by atoms with Gasteiger partial charge in [0.05, 0.1) is 18.8 Å². The first-order valence-corrected chi connectivity index (χ1v) is 8.65. The summed E-state index contributed by atoms with van der Waals surface area (Å²) in [6.07, 6.45) is -1.19. The Labute approximate surface area is 152 Å². The van der Waals surface area contributed by atoms with Crippen LogP contribution in [0.15, 0.2) is 48.5 Å². The standard InChI is InChI=1S/C20H23FN2O3/c1-13-2-4-14(5-3-13)10-22-17-12-26-18(19(17)24)11-23-20(25)15-6-8-16(21)9-7-15/h2-9,17-19,22,24H,10-12H2,1H3,(H,23,25). The summed E-state index contributed by atoms with van der Waals surface area (Å²) in [5.41, 5.74) is 2.71. The molecule has 3 rings (SSSR count). The number of benzene rings is 2. The largest absolute Gasteiger partial charge is 0.389 e. The lowest BCUT2D eigenvalue weighted by Gasteiger charge is -2.19. The zero-order valence-electron chi connectivity index (χ0n) is 14.6. The van der Waals surface area contributed by atoms with Gasteiger partial charge in [-0.1, -0.05) is 29.8 Å². The number of ether oxygens (including phenoxy) is 1. The fraction of sp³-hybridized carbons (Fsp3) is 0.350. The molecule has 1 saturated heterocycles. The summed E-state index contributed by atoms with van der Waals surface area (Å²) in [6.45, 7) is 3.25. The molecule has 3 unspecified atom stereocenters. The fourth-order valence-electron chi connectivity index (χ4n) is 2.89. The molecule has 6 heteroatoms. The van der Waals surface area contributed by atoms with Crippen LogP contribution < -0.4 is 10.6 Å². The summed E-state index contributed by atoms with van der Waals surface area (Å²) in [4.78, 5) is 12.1. The summed E-state index contributed by atoms with van der Waals surface area (Å²) < 4.78 is 18.5. The van der Waals surface area contributed by atoms with Crippen LogP contribution in [0.2, 0.25) is 0 Å². The number of hydrogen-bond acceptors (Lipinski definition) is 4. The molecule has 5 nitrogen and oxygen atoms in total. The van der Waals surface area contributed by atoms with E-state index in [9.17, 15) is 14.3 Å². The van der Waals surface area contributed by atoms with Crippen LogP contribution in [0, 0.1) is 12.7 Å². The Morgan fingerprint density at radius 1 is 1.19 bits per heavy atom. The molecule has 3 N–H and O–H groups in total. The second-order valence-corrected chi connectivity index (χ2v) is 6.55. The molecule has 0 saturated carbocycles. The van der Waals surface area contributed by atoms with Crippen molar-refractivity contribution >= 4 is 5.91 Å². The second-order valence-electron chi connectivity index (χ2n) is 6.55. The summed E-state index contributed by atoms with van der Waals surface area (Å²) in [7, 11) is 0. The Balaban J connectivity index is 1.46. The van der Waals surface area contributed by atoms with E-state index in [2.05, 4.69) is 10.6 Å². The number of halogens is 1.